The Balaban J connectivity index is 2.18. The summed E-state index contributed by atoms with van der Waals surface area (Å²) in [5.74, 6) is 1.90. The Morgan fingerprint density at radius 1 is 1.13 bits per heavy atom. The quantitative estimate of drug-likeness (QED) is 0.639. The summed E-state index contributed by atoms with van der Waals surface area (Å²) in [6, 6.07) is 0. The van der Waals surface area contributed by atoms with E-state index in [4.69, 9.17) is 0 Å². The minimum atomic E-state index is -0.0930. The summed E-state index contributed by atoms with van der Waals surface area (Å²) in [4.78, 5) is 22.8. The Morgan fingerprint density at radius 2 is 1.73 bits per heavy atom. The molecule has 1 N–H and O–H groups in total. The lowest BCUT2D eigenvalue weighted by Gasteiger charge is -2.45. The van der Waals surface area contributed by atoms with E-state index in [1.54, 1.807) is 0 Å². The van der Waals surface area contributed by atoms with Crippen molar-refractivity contribution in [2.24, 2.45) is 10.8 Å². The van der Waals surface area contributed by atoms with Crippen molar-refractivity contribution in [3.05, 3.63) is 0 Å². The molecule has 0 saturated carbocycles. The third kappa shape index (κ3) is 2.36. The van der Waals surface area contributed by atoms with E-state index in [0.29, 0.717) is 12.8 Å². The number of hydrogen-bond donors (Lipinski definition) is 1. The zero-order chi connectivity index (χ0) is 11.1. The molecule has 0 aromatic rings. The molecule has 2 amide bonds. The smallest absolute Gasteiger partial charge is 0.227 e. The maximum absolute atomic E-state index is 11.4. The van der Waals surface area contributed by atoms with Gasteiger partial charge in [-0.3, -0.25) is 14.9 Å². The van der Waals surface area contributed by atoms with Gasteiger partial charge in [0.15, 0.2) is 0 Å². The van der Waals surface area contributed by atoms with Gasteiger partial charge in [-0.1, -0.05) is 13.8 Å². The number of carbonyl (C=O) groups is 2. The largest absolute Gasteiger partial charge is 0.296 e. The highest BCUT2D eigenvalue weighted by Gasteiger charge is 2.45. The Morgan fingerprint density at radius 3 is 2.27 bits per heavy atom. The SMILES string of the molecule is CC1(C)CSCC2(CC(=O)NC(=O)C2)C1. The van der Waals surface area contributed by atoms with Gasteiger partial charge in [0, 0.05) is 12.8 Å². The monoisotopic (exact) mass is 227 g/mol. The fraction of sp³-hybridized carbons (Fsp3) is 0.818. The van der Waals surface area contributed by atoms with Crippen LogP contribution in [-0.4, -0.2) is 23.3 Å². The first-order chi connectivity index (χ1) is 6.91. The summed E-state index contributed by atoms with van der Waals surface area (Å²) in [6.45, 7) is 4.44. The minimum absolute atomic E-state index is 0.0637. The van der Waals surface area contributed by atoms with E-state index in [1.165, 1.54) is 0 Å². The van der Waals surface area contributed by atoms with Gasteiger partial charge in [0.1, 0.15) is 0 Å². The molecular formula is C11H17NO2S. The maximum Gasteiger partial charge on any atom is 0.227 e. The van der Waals surface area contributed by atoms with Gasteiger partial charge in [0.25, 0.3) is 0 Å². The Labute approximate surface area is 94.4 Å². The first kappa shape index (κ1) is 11.0. The molecule has 0 aliphatic carbocycles. The highest BCUT2D eigenvalue weighted by molar-refractivity contribution is 7.99. The van der Waals surface area contributed by atoms with E-state index in [-0.39, 0.29) is 22.6 Å². The second kappa shape index (κ2) is 3.51. The van der Waals surface area contributed by atoms with E-state index in [0.717, 1.165) is 17.9 Å². The van der Waals surface area contributed by atoms with Crippen molar-refractivity contribution in [2.75, 3.05) is 11.5 Å². The summed E-state index contributed by atoms with van der Waals surface area (Å²) >= 11 is 1.88. The lowest BCUT2D eigenvalue weighted by Crippen LogP contribution is -2.49. The van der Waals surface area contributed by atoms with Crippen molar-refractivity contribution in [1.29, 1.82) is 0 Å². The van der Waals surface area contributed by atoms with E-state index in [9.17, 15) is 9.59 Å². The number of piperidine rings is 1. The van der Waals surface area contributed by atoms with Gasteiger partial charge in [-0.25, -0.2) is 0 Å². The number of amides is 2. The molecule has 2 rings (SSSR count). The summed E-state index contributed by atoms with van der Waals surface area (Å²) in [7, 11) is 0. The van der Waals surface area contributed by atoms with Crippen LogP contribution in [0.5, 0.6) is 0 Å². The number of hydrogen-bond acceptors (Lipinski definition) is 3. The van der Waals surface area contributed by atoms with E-state index in [2.05, 4.69) is 19.2 Å². The molecule has 3 nitrogen and oxygen atoms in total. The van der Waals surface area contributed by atoms with Crippen LogP contribution in [0.4, 0.5) is 0 Å². The Bertz CT molecular complexity index is 296. The second-order valence-electron chi connectivity index (χ2n) is 5.66. The molecule has 2 saturated heterocycles. The van der Waals surface area contributed by atoms with E-state index < -0.39 is 0 Å². The maximum atomic E-state index is 11.4. The van der Waals surface area contributed by atoms with Gasteiger partial charge in [-0.05, 0) is 28.8 Å². The molecule has 0 atom stereocenters. The standard InChI is InChI=1S/C11H17NO2S/c1-10(2)5-11(7-15-6-10)3-8(13)12-9(14)4-11/h3-7H2,1-2H3,(H,12,13,14). The van der Waals surface area contributed by atoms with Crippen molar-refractivity contribution in [3.8, 4) is 0 Å². The predicted molar refractivity (Wildman–Crippen MR) is 60.5 cm³/mol. The number of thioether (sulfide) groups is 1. The van der Waals surface area contributed by atoms with Gasteiger partial charge in [0.2, 0.25) is 11.8 Å². The highest BCUT2D eigenvalue weighted by Crippen LogP contribution is 2.49. The zero-order valence-corrected chi connectivity index (χ0v) is 10.1. The summed E-state index contributed by atoms with van der Waals surface area (Å²) in [6.07, 6.45) is 2.04. The van der Waals surface area contributed by atoms with Gasteiger partial charge >= 0.3 is 0 Å². The third-order valence-corrected chi connectivity index (χ3v) is 4.91. The number of nitrogens with one attached hydrogen (secondary N) is 1. The van der Waals surface area contributed by atoms with Crippen LogP contribution < -0.4 is 5.32 Å². The molecule has 2 fully saturated rings. The predicted octanol–water partition coefficient (Wildman–Crippen LogP) is 1.57. The molecule has 1 spiro atoms. The molecule has 0 unspecified atom stereocenters. The van der Waals surface area contributed by atoms with Crippen LogP contribution in [0.25, 0.3) is 0 Å². The molecular weight excluding hydrogens is 210 g/mol. The molecule has 0 radical (unpaired) electrons. The van der Waals surface area contributed by atoms with Gasteiger partial charge in [0.05, 0.1) is 0 Å². The average molecular weight is 227 g/mol. The molecule has 0 aromatic heterocycles. The molecule has 2 heterocycles. The third-order valence-electron chi connectivity index (χ3n) is 3.10. The van der Waals surface area contributed by atoms with Gasteiger partial charge < -0.3 is 0 Å². The van der Waals surface area contributed by atoms with Crippen LogP contribution >= 0.6 is 11.8 Å². The molecule has 15 heavy (non-hydrogen) atoms. The van der Waals surface area contributed by atoms with Crippen molar-refractivity contribution in [1.82, 2.24) is 5.32 Å². The zero-order valence-electron chi connectivity index (χ0n) is 9.26. The fourth-order valence-corrected chi connectivity index (χ4v) is 4.37. The van der Waals surface area contributed by atoms with Gasteiger partial charge in [-0.2, -0.15) is 11.8 Å². The number of imide groups is 1. The average Bonchev–Trinajstić information content (AvgIpc) is 1.97. The second-order valence-corrected chi connectivity index (χ2v) is 6.64. The summed E-state index contributed by atoms with van der Waals surface area (Å²) < 4.78 is 0. The lowest BCUT2D eigenvalue weighted by atomic mass is 9.69. The van der Waals surface area contributed by atoms with Crippen LogP contribution in [0.2, 0.25) is 0 Å². The normalized spacial score (nSPS) is 28.9. The van der Waals surface area contributed by atoms with Crippen LogP contribution in [0, 0.1) is 10.8 Å². The van der Waals surface area contributed by atoms with Crippen molar-refractivity contribution < 1.29 is 9.59 Å². The number of rotatable bonds is 0. The molecule has 2 aliphatic rings. The molecule has 2 aliphatic heterocycles. The Kier molecular flexibility index (Phi) is 2.57. The first-order valence-electron chi connectivity index (χ1n) is 5.31. The lowest BCUT2D eigenvalue weighted by molar-refractivity contribution is -0.138. The summed E-state index contributed by atoms with van der Waals surface area (Å²) in [5, 5.41) is 2.39. The van der Waals surface area contributed by atoms with Crippen molar-refractivity contribution in [2.45, 2.75) is 33.1 Å². The number of carbonyl (C=O) groups excluding carboxylic acids is 2. The van der Waals surface area contributed by atoms with Crippen LogP contribution in [0.15, 0.2) is 0 Å². The molecule has 0 bridgehead atoms. The van der Waals surface area contributed by atoms with Crippen molar-refractivity contribution in [3.63, 3.8) is 0 Å². The van der Waals surface area contributed by atoms with E-state index >= 15 is 0 Å². The van der Waals surface area contributed by atoms with E-state index in [1.807, 2.05) is 11.8 Å². The fourth-order valence-electron chi connectivity index (χ4n) is 2.88. The minimum Gasteiger partial charge on any atom is -0.296 e. The molecule has 4 heteroatoms. The highest BCUT2D eigenvalue weighted by atomic mass is 32.2. The van der Waals surface area contributed by atoms with Crippen LogP contribution in [0.3, 0.4) is 0 Å². The molecule has 0 aromatic carbocycles. The van der Waals surface area contributed by atoms with Crippen LogP contribution in [-0.2, 0) is 9.59 Å². The topological polar surface area (TPSA) is 46.2 Å². The summed E-state index contributed by atoms with van der Waals surface area (Å²) in [5.41, 5.74) is 0.187. The van der Waals surface area contributed by atoms with Gasteiger partial charge in [-0.15, -0.1) is 0 Å². The van der Waals surface area contributed by atoms with Crippen LogP contribution in [0.1, 0.15) is 33.1 Å². The van der Waals surface area contributed by atoms with Crippen molar-refractivity contribution >= 4 is 23.6 Å². The Hall–Kier alpha value is -0.510. The molecule has 84 valence electrons. The first-order valence-corrected chi connectivity index (χ1v) is 6.47.